The number of halogens is 1. The van der Waals surface area contributed by atoms with Crippen LogP contribution in [0.5, 0.6) is 0 Å². The van der Waals surface area contributed by atoms with Gasteiger partial charge < -0.3 is 10.4 Å². The van der Waals surface area contributed by atoms with Crippen molar-refractivity contribution in [2.75, 3.05) is 13.1 Å². The lowest BCUT2D eigenvalue weighted by Gasteiger charge is -2.08. The highest BCUT2D eigenvalue weighted by atomic mass is 35.5. The zero-order valence-electron chi connectivity index (χ0n) is 7.11. The average Bonchev–Trinajstić information content (AvgIpc) is 2.65. The van der Waals surface area contributed by atoms with Crippen LogP contribution in [0.15, 0.2) is 28.4 Å². The highest BCUT2D eigenvalue weighted by Crippen LogP contribution is 2.14. The van der Waals surface area contributed by atoms with Crippen LogP contribution < -0.4 is 5.32 Å². The molecule has 0 aromatic carbocycles. The first kappa shape index (κ1) is 10.7. The Morgan fingerprint density at radius 1 is 1.69 bits per heavy atom. The van der Waals surface area contributed by atoms with E-state index in [0.717, 1.165) is 5.56 Å². The predicted molar refractivity (Wildman–Crippen MR) is 57.1 cm³/mol. The monoisotopic (exact) mass is 217 g/mol. The molecule has 0 radical (unpaired) electrons. The van der Waals surface area contributed by atoms with E-state index in [9.17, 15) is 5.11 Å². The number of aliphatic hydroxyl groups excluding tert-OH is 1. The van der Waals surface area contributed by atoms with Gasteiger partial charge in [0, 0.05) is 18.6 Å². The molecule has 0 bridgehead atoms. The number of aliphatic hydroxyl groups is 1. The lowest BCUT2D eigenvalue weighted by molar-refractivity contribution is 0.177. The maximum Gasteiger partial charge on any atom is 0.0922 e. The lowest BCUT2D eigenvalue weighted by Crippen LogP contribution is -2.21. The van der Waals surface area contributed by atoms with Crippen molar-refractivity contribution in [2.24, 2.45) is 0 Å². The number of rotatable bonds is 5. The van der Waals surface area contributed by atoms with E-state index in [4.69, 9.17) is 11.6 Å². The van der Waals surface area contributed by atoms with Gasteiger partial charge in [0.05, 0.1) is 6.10 Å². The first-order valence-electron chi connectivity index (χ1n) is 4.00. The summed E-state index contributed by atoms with van der Waals surface area (Å²) in [6.07, 6.45) is 1.37. The summed E-state index contributed by atoms with van der Waals surface area (Å²) in [5.41, 5.74) is 2.43. The summed E-state index contributed by atoms with van der Waals surface area (Å²) in [7, 11) is 0. The molecular formula is C9H12ClNOS. The van der Waals surface area contributed by atoms with Crippen LogP contribution in [0.4, 0.5) is 0 Å². The molecule has 13 heavy (non-hydrogen) atoms. The van der Waals surface area contributed by atoms with Crippen molar-refractivity contribution in [1.29, 1.82) is 0 Å². The minimum Gasteiger partial charge on any atom is -0.387 e. The molecule has 1 heterocycles. The van der Waals surface area contributed by atoms with Crippen LogP contribution in [0.3, 0.4) is 0 Å². The molecule has 1 atom stereocenters. The van der Waals surface area contributed by atoms with E-state index < -0.39 is 6.10 Å². The quantitative estimate of drug-likeness (QED) is 0.741. The third kappa shape index (κ3) is 3.91. The normalized spacial score (nSPS) is 13.7. The second kappa shape index (κ2) is 6.16. The first-order chi connectivity index (χ1) is 6.34. The Morgan fingerprint density at radius 2 is 2.54 bits per heavy atom. The molecule has 0 aliphatic heterocycles. The fraction of sp³-hybridized carbons (Fsp3) is 0.333. The molecule has 0 amide bonds. The minimum absolute atomic E-state index is 0.421. The summed E-state index contributed by atoms with van der Waals surface area (Å²) in [4.78, 5) is 0. The molecule has 0 spiro atoms. The van der Waals surface area contributed by atoms with E-state index in [2.05, 4.69) is 5.32 Å². The van der Waals surface area contributed by atoms with Crippen LogP contribution in [0.25, 0.3) is 0 Å². The van der Waals surface area contributed by atoms with Gasteiger partial charge in [-0.2, -0.15) is 11.3 Å². The smallest absolute Gasteiger partial charge is 0.0922 e. The average molecular weight is 218 g/mol. The van der Waals surface area contributed by atoms with Crippen LogP contribution in [-0.4, -0.2) is 18.2 Å². The summed E-state index contributed by atoms with van der Waals surface area (Å²) in [5.74, 6) is 0. The lowest BCUT2D eigenvalue weighted by atomic mass is 10.2. The zero-order chi connectivity index (χ0) is 9.52. The van der Waals surface area contributed by atoms with Gasteiger partial charge in [-0.05, 0) is 22.4 Å². The van der Waals surface area contributed by atoms with Crippen molar-refractivity contribution < 1.29 is 5.11 Å². The molecule has 1 aromatic heterocycles. The number of hydrogen-bond donors (Lipinski definition) is 2. The van der Waals surface area contributed by atoms with E-state index in [-0.39, 0.29) is 0 Å². The Balaban J connectivity index is 2.22. The van der Waals surface area contributed by atoms with Gasteiger partial charge in [-0.15, -0.1) is 0 Å². The predicted octanol–water partition coefficient (Wildman–Crippen LogP) is 2.12. The molecule has 2 nitrogen and oxygen atoms in total. The number of thiophene rings is 1. The molecule has 4 heteroatoms. The van der Waals surface area contributed by atoms with Crippen LogP contribution in [0, 0.1) is 0 Å². The molecule has 1 unspecified atom stereocenters. The molecular weight excluding hydrogens is 206 g/mol. The van der Waals surface area contributed by atoms with E-state index in [1.54, 1.807) is 17.4 Å². The Labute approximate surface area is 86.9 Å². The summed E-state index contributed by atoms with van der Waals surface area (Å²) in [6, 6.07) is 1.93. The zero-order valence-corrected chi connectivity index (χ0v) is 8.68. The topological polar surface area (TPSA) is 32.3 Å². The molecule has 2 N–H and O–H groups in total. The molecule has 0 fully saturated rings. The summed E-state index contributed by atoms with van der Waals surface area (Å²) in [5, 5.41) is 16.6. The Hall–Kier alpha value is -0.350. The van der Waals surface area contributed by atoms with E-state index >= 15 is 0 Å². The van der Waals surface area contributed by atoms with Crippen molar-refractivity contribution in [2.45, 2.75) is 6.10 Å². The van der Waals surface area contributed by atoms with Gasteiger partial charge in [0.25, 0.3) is 0 Å². The fourth-order valence-electron chi connectivity index (χ4n) is 0.930. The summed E-state index contributed by atoms with van der Waals surface area (Å²) < 4.78 is 0. The van der Waals surface area contributed by atoms with E-state index in [0.29, 0.717) is 13.1 Å². The second-order valence-electron chi connectivity index (χ2n) is 2.59. The molecule has 0 aliphatic rings. The van der Waals surface area contributed by atoms with Gasteiger partial charge in [-0.1, -0.05) is 17.7 Å². The summed E-state index contributed by atoms with van der Waals surface area (Å²) >= 11 is 6.92. The first-order valence-corrected chi connectivity index (χ1v) is 5.38. The molecule has 1 rings (SSSR count). The van der Waals surface area contributed by atoms with Gasteiger partial charge >= 0.3 is 0 Å². The number of hydrogen-bond acceptors (Lipinski definition) is 3. The van der Waals surface area contributed by atoms with Gasteiger partial charge in [0.2, 0.25) is 0 Å². The third-order valence-electron chi connectivity index (χ3n) is 1.62. The maximum atomic E-state index is 9.60. The highest BCUT2D eigenvalue weighted by Gasteiger charge is 2.05. The third-order valence-corrected chi connectivity index (χ3v) is 2.50. The molecule has 1 aromatic rings. The largest absolute Gasteiger partial charge is 0.387 e. The van der Waals surface area contributed by atoms with Gasteiger partial charge in [0.15, 0.2) is 0 Å². The van der Waals surface area contributed by atoms with E-state index in [1.165, 1.54) is 5.54 Å². The Kier molecular flexibility index (Phi) is 5.08. The van der Waals surface area contributed by atoms with Crippen molar-refractivity contribution >= 4 is 22.9 Å². The standard InChI is InChI=1S/C9H12ClNOS/c10-3-1-4-11-6-9(12)8-2-5-13-7-8/h1-3,5,7,9,11-12H,4,6H2/b3-1+. The van der Waals surface area contributed by atoms with Gasteiger partial charge in [-0.3, -0.25) is 0 Å². The summed E-state index contributed by atoms with van der Waals surface area (Å²) in [6.45, 7) is 1.24. The Morgan fingerprint density at radius 3 is 3.15 bits per heavy atom. The van der Waals surface area contributed by atoms with E-state index in [1.807, 2.05) is 16.8 Å². The van der Waals surface area contributed by atoms with Gasteiger partial charge in [-0.25, -0.2) is 0 Å². The molecule has 0 saturated heterocycles. The van der Waals surface area contributed by atoms with Gasteiger partial charge in [0.1, 0.15) is 0 Å². The highest BCUT2D eigenvalue weighted by molar-refractivity contribution is 7.07. The number of nitrogens with one attached hydrogen (secondary N) is 1. The molecule has 72 valence electrons. The van der Waals surface area contributed by atoms with Crippen LogP contribution in [0.2, 0.25) is 0 Å². The maximum absolute atomic E-state index is 9.60. The minimum atomic E-state index is -0.421. The Bertz CT molecular complexity index is 248. The van der Waals surface area contributed by atoms with Crippen LogP contribution in [-0.2, 0) is 0 Å². The molecule has 0 saturated carbocycles. The van der Waals surface area contributed by atoms with Crippen molar-refractivity contribution in [3.8, 4) is 0 Å². The SMILES string of the molecule is OC(CNC/C=C/Cl)c1ccsc1. The molecule has 0 aliphatic carbocycles. The van der Waals surface area contributed by atoms with Crippen LogP contribution >= 0.6 is 22.9 Å². The van der Waals surface area contributed by atoms with Crippen molar-refractivity contribution in [1.82, 2.24) is 5.32 Å². The second-order valence-corrected chi connectivity index (χ2v) is 3.62. The fourth-order valence-corrected chi connectivity index (χ4v) is 1.73. The van der Waals surface area contributed by atoms with Crippen LogP contribution in [0.1, 0.15) is 11.7 Å². The van der Waals surface area contributed by atoms with Crippen molar-refractivity contribution in [3.63, 3.8) is 0 Å². The van der Waals surface area contributed by atoms with Crippen molar-refractivity contribution in [3.05, 3.63) is 34.0 Å².